The molecule has 3 heteroatoms. The summed E-state index contributed by atoms with van der Waals surface area (Å²) >= 11 is 0. The lowest BCUT2D eigenvalue weighted by atomic mass is 10.0. The normalized spacial score (nSPS) is 10.8. The van der Waals surface area contributed by atoms with E-state index in [1.54, 1.807) is 6.92 Å². The fourth-order valence-corrected chi connectivity index (χ4v) is 1.12. The van der Waals surface area contributed by atoms with Gasteiger partial charge >= 0.3 is 0 Å². The van der Waals surface area contributed by atoms with Gasteiger partial charge in [0.05, 0.1) is 5.71 Å². The SMILES string of the molecule is CC(=O)C(C)C.CC(C)/C(=N\O)c1ccccc1.CCC(C)C. The average molecular weight is 322 g/mol. The third-order valence-electron chi connectivity index (χ3n) is 3.35. The number of oxime groups is 1. The van der Waals surface area contributed by atoms with Crippen molar-refractivity contribution in [3.63, 3.8) is 0 Å². The monoisotopic (exact) mass is 321 g/mol. The van der Waals surface area contributed by atoms with Crippen molar-refractivity contribution in [3.8, 4) is 0 Å². The summed E-state index contributed by atoms with van der Waals surface area (Å²) in [5.74, 6) is 1.60. The predicted octanol–water partition coefficient (Wildman–Crippen LogP) is 5.80. The van der Waals surface area contributed by atoms with Crippen molar-refractivity contribution in [2.75, 3.05) is 0 Å². The molecule has 0 aliphatic carbocycles. The fourth-order valence-electron chi connectivity index (χ4n) is 1.12. The van der Waals surface area contributed by atoms with Gasteiger partial charge < -0.3 is 5.21 Å². The minimum Gasteiger partial charge on any atom is -0.411 e. The maximum absolute atomic E-state index is 10.1. The van der Waals surface area contributed by atoms with Gasteiger partial charge in [0.2, 0.25) is 0 Å². The molecule has 132 valence electrons. The van der Waals surface area contributed by atoms with Gasteiger partial charge in [-0.1, -0.05) is 90.4 Å². The van der Waals surface area contributed by atoms with Crippen LogP contribution >= 0.6 is 0 Å². The third-order valence-corrected chi connectivity index (χ3v) is 3.35. The van der Waals surface area contributed by atoms with Crippen LogP contribution in [0.25, 0.3) is 0 Å². The fraction of sp³-hybridized carbons (Fsp3) is 0.600. The topological polar surface area (TPSA) is 49.7 Å². The van der Waals surface area contributed by atoms with Gasteiger partial charge in [-0.3, -0.25) is 4.79 Å². The Balaban J connectivity index is 0. The van der Waals surface area contributed by atoms with E-state index in [0.29, 0.717) is 0 Å². The number of carbonyl (C=O) groups excluding carboxylic acids is 1. The maximum atomic E-state index is 10.1. The van der Waals surface area contributed by atoms with E-state index in [4.69, 9.17) is 5.21 Å². The molecule has 3 nitrogen and oxygen atoms in total. The highest BCUT2D eigenvalue weighted by Crippen LogP contribution is 2.08. The Bertz CT molecular complexity index is 434. The van der Waals surface area contributed by atoms with Crippen molar-refractivity contribution in [2.45, 2.75) is 61.8 Å². The summed E-state index contributed by atoms with van der Waals surface area (Å²) in [5.41, 5.74) is 1.71. The van der Waals surface area contributed by atoms with Crippen molar-refractivity contribution < 1.29 is 10.0 Å². The van der Waals surface area contributed by atoms with Crippen molar-refractivity contribution in [1.29, 1.82) is 0 Å². The van der Waals surface area contributed by atoms with Crippen LogP contribution in [-0.2, 0) is 4.79 Å². The number of benzene rings is 1. The molecule has 0 spiro atoms. The van der Waals surface area contributed by atoms with Gasteiger partial charge in [0.15, 0.2) is 0 Å². The Morgan fingerprint density at radius 2 is 1.39 bits per heavy atom. The van der Waals surface area contributed by atoms with Crippen molar-refractivity contribution >= 4 is 11.5 Å². The molecular weight excluding hydrogens is 286 g/mol. The highest BCUT2D eigenvalue weighted by molar-refractivity contribution is 6.01. The Kier molecular flexibility index (Phi) is 14.4. The number of Topliss-reactive ketones (excluding diaryl/α,β-unsaturated/α-hetero) is 1. The Morgan fingerprint density at radius 1 is 1.00 bits per heavy atom. The standard InChI is InChI=1S/C10H13NO.C5H10O.C5H12/c1-8(2)10(11-12)9-6-4-3-5-7-9;1-4(2)5(3)6;1-4-5(2)3/h3-8,12H,1-2H3;4H,1-3H3;5H,4H2,1-3H3/b11-10+;;. The minimum absolute atomic E-state index is 0.213. The van der Waals surface area contributed by atoms with E-state index in [1.165, 1.54) is 6.42 Å². The number of ketones is 1. The highest BCUT2D eigenvalue weighted by Gasteiger charge is 2.07. The van der Waals surface area contributed by atoms with Crippen molar-refractivity contribution in [2.24, 2.45) is 22.9 Å². The lowest BCUT2D eigenvalue weighted by Crippen LogP contribution is -2.08. The largest absolute Gasteiger partial charge is 0.411 e. The highest BCUT2D eigenvalue weighted by atomic mass is 16.4. The van der Waals surface area contributed by atoms with Crippen LogP contribution < -0.4 is 0 Å². The predicted molar refractivity (Wildman–Crippen MR) is 100 cm³/mol. The molecule has 0 unspecified atom stereocenters. The molecule has 1 N–H and O–H groups in total. The second kappa shape index (κ2) is 14.0. The molecule has 0 radical (unpaired) electrons. The van der Waals surface area contributed by atoms with Crippen LogP contribution in [-0.4, -0.2) is 16.7 Å². The molecule has 1 rings (SSSR count). The molecule has 1 aromatic rings. The van der Waals surface area contributed by atoms with Gasteiger partial charge in [-0.2, -0.15) is 0 Å². The summed E-state index contributed by atoms with van der Waals surface area (Å²) in [5, 5.41) is 12.0. The van der Waals surface area contributed by atoms with Crippen LogP contribution in [0.15, 0.2) is 35.5 Å². The van der Waals surface area contributed by atoms with Gasteiger partial charge in [-0.15, -0.1) is 0 Å². The summed E-state index contributed by atoms with van der Waals surface area (Å²) in [6.45, 7) is 16.0. The smallest absolute Gasteiger partial charge is 0.132 e. The van der Waals surface area contributed by atoms with E-state index in [-0.39, 0.29) is 17.6 Å². The van der Waals surface area contributed by atoms with Crippen LogP contribution in [0.4, 0.5) is 0 Å². The zero-order valence-corrected chi connectivity index (χ0v) is 16.1. The van der Waals surface area contributed by atoms with Gasteiger partial charge in [-0.05, 0) is 24.3 Å². The lowest BCUT2D eigenvalue weighted by molar-refractivity contribution is -0.119. The lowest BCUT2D eigenvalue weighted by Gasteiger charge is -2.06. The molecule has 23 heavy (non-hydrogen) atoms. The van der Waals surface area contributed by atoms with Crippen molar-refractivity contribution in [3.05, 3.63) is 35.9 Å². The quantitative estimate of drug-likeness (QED) is 0.432. The van der Waals surface area contributed by atoms with Crippen molar-refractivity contribution in [1.82, 2.24) is 0 Å². The van der Waals surface area contributed by atoms with Gasteiger partial charge in [-0.25, -0.2) is 0 Å². The number of hydrogen-bond acceptors (Lipinski definition) is 3. The molecule has 0 saturated carbocycles. The molecule has 0 aliphatic rings. The zero-order valence-electron chi connectivity index (χ0n) is 16.1. The molecule has 1 aromatic carbocycles. The maximum Gasteiger partial charge on any atom is 0.132 e. The van der Waals surface area contributed by atoms with Crippen LogP contribution in [0, 0.1) is 17.8 Å². The van der Waals surface area contributed by atoms with E-state index in [0.717, 1.165) is 17.2 Å². The first-order chi connectivity index (χ1) is 10.7. The number of rotatable bonds is 4. The van der Waals surface area contributed by atoms with E-state index in [2.05, 4.69) is 25.9 Å². The molecule has 0 bridgehead atoms. The van der Waals surface area contributed by atoms with Crippen LogP contribution in [0.1, 0.15) is 67.4 Å². The van der Waals surface area contributed by atoms with Gasteiger partial charge in [0, 0.05) is 5.92 Å². The molecule has 0 fully saturated rings. The first kappa shape index (κ1) is 23.6. The molecule has 0 amide bonds. The summed E-state index contributed by atoms with van der Waals surface area (Å²) in [7, 11) is 0. The molecule has 0 saturated heterocycles. The van der Waals surface area contributed by atoms with Gasteiger partial charge in [0.25, 0.3) is 0 Å². The van der Waals surface area contributed by atoms with E-state index >= 15 is 0 Å². The Hall–Kier alpha value is -1.64. The molecule has 0 aromatic heterocycles. The Labute approximate surface area is 142 Å². The second-order valence-corrected chi connectivity index (χ2v) is 6.57. The summed E-state index contributed by atoms with van der Waals surface area (Å²) in [4.78, 5) is 10.1. The second-order valence-electron chi connectivity index (χ2n) is 6.57. The molecule has 0 heterocycles. The zero-order chi connectivity index (χ0) is 18.4. The number of nitrogens with zero attached hydrogens (tertiary/aromatic N) is 1. The first-order valence-electron chi connectivity index (χ1n) is 8.45. The molecule has 0 atom stereocenters. The van der Waals surface area contributed by atoms with Crippen LogP contribution in [0.3, 0.4) is 0 Å². The summed E-state index contributed by atoms with van der Waals surface area (Å²) < 4.78 is 0. The van der Waals surface area contributed by atoms with Gasteiger partial charge in [0.1, 0.15) is 5.78 Å². The average Bonchev–Trinajstić information content (AvgIpc) is 2.49. The molecule has 0 aliphatic heterocycles. The van der Waals surface area contributed by atoms with E-state index in [1.807, 2.05) is 58.0 Å². The van der Waals surface area contributed by atoms with Crippen LogP contribution in [0.2, 0.25) is 0 Å². The minimum atomic E-state index is 0.213. The number of carbonyl (C=O) groups is 1. The van der Waals surface area contributed by atoms with Crippen LogP contribution in [0.5, 0.6) is 0 Å². The molecular formula is C20H35NO2. The number of hydrogen-bond donors (Lipinski definition) is 1. The van der Waals surface area contributed by atoms with E-state index < -0.39 is 0 Å². The Morgan fingerprint density at radius 3 is 1.61 bits per heavy atom. The summed E-state index contributed by atoms with van der Waals surface area (Å²) in [6, 6.07) is 9.69. The first-order valence-corrected chi connectivity index (χ1v) is 8.45. The third kappa shape index (κ3) is 13.7. The van der Waals surface area contributed by atoms with E-state index in [9.17, 15) is 4.79 Å². The summed E-state index contributed by atoms with van der Waals surface area (Å²) in [6.07, 6.45) is 1.31.